The van der Waals surface area contributed by atoms with Crippen LogP contribution in [0, 0.1) is 5.82 Å². The Balaban J connectivity index is 2.13. The number of halogens is 2. The molecule has 2 aromatic rings. The summed E-state index contributed by atoms with van der Waals surface area (Å²) in [5.41, 5.74) is 7.98. The normalized spacial score (nSPS) is 12.4. The average molecular weight is 310 g/mol. The van der Waals surface area contributed by atoms with Crippen molar-refractivity contribution in [1.82, 2.24) is 0 Å². The molecule has 0 heterocycles. The zero-order valence-corrected chi connectivity index (χ0v) is 11.2. The molecule has 2 nitrogen and oxygen atoms in total. The van der Waals surface area contributed by atoms with Crippen LogP contribution in [-0.4, -0.2) is 5.11 Å². The fourth-order valence-electron chi connectivity index (χ4n) is 1.75. The first kappa shape index (κ1) is 13.1. The van der Waals surface area contributed by atoms with E-state index in [0.29, 0.717) is 10.9 Å². The van der Waals surface area contributed by atoms with E-state index in [-0.39, 0.29) is 17.6 Å². The van der Waals surface area contributed by atoms with Crippen molar-refractivity contribution in [3.05, 3.63) is 63.9 Å². The minimum absolute atomic E-state index is 0.202. The highest BCUT2D eigenvalue weighted by molar-refractivity contribution is 9.10. The molecule has 0 aliphatic rings. The van der Waals surface area contributed by atoms with Gasteiger partial charge in [0.25, 0.3) is 0 Å². The topological polar surface area (TPSA) is 46.2 Å². The highest BCUT2D eigenvalue weighted by atomic mass is 79.9. The van der Waals surface area contributed by atoms with Gasteiger partial charge in [0.2, 0.25) is 0 Å². The number of phenols is 1. The molecule has 0 aliphatic heterocycles. The first-order valence-corrected chi connectivity index (χ1v) is 6.34. The molecule has 0 bridgehead atoms. The maximum atomic E-state index is 13.1. The SMILES string of the molecule is NC(Cc1ccc(O)cc1)c1ccc(F)c(Br)c1. The van der Waals surface area contributed by atoms with Gasteiger partial charge in [0.1, 0.15) is 11.6 Å². The minimum atomic E-state index is -0.296. The van der Waals surface area contributed by atoms with Crippen LogP contribution >= 0.6 is 15.9 Å². The molecular weight excluding hydrogens is 297 g/mol. The predicted molar refractivity (Wildman–Crippen MR) is 72.8 cm³/mol. The van der Waals surface area contributed by atoms with Crippen LogP contribution in [0.5, 0.6) is 5.75 Å². The third-order valence-corrected chi connectivity index (χ3v) is 3.37. The summed E-state index contributed by atoms with van der Waals surface area (Å²) in [6.07, 6.45) is 0.637. The van der Waals surface area contributed by atoms with Crippen LogP contribution in [0.25, 0.3) is 0 Å². The number of hydrogen-bond acceptors (Lipinski definition) is 2. The van der Waals surface area contributed by atoms with Gasteiger partial charge in [-0.2, -0.15) is 0 Å². The van der Waals surface area contributed by atoms with Crippen molar-refractivity contribution < 1.29 is 9.50 Å². The van der Waals surface area contributed by atoms with E-state index < -0.39 is 0 Å². The molecule has 0 fully saturated rings. The molecular formula is C14H13BrFNO. The summed E-state index contributed by atoms with van der Waals surface area (Å²) in [7, 11) is 0. The van der Waals surface area contributed by atoms with Crippen molar-refractivity contribution >= 4 is 15.9 Å². The van der Waals surface area contributed by atoms with E-state index in [2.05, 4.69) is 15.9 Å². The van der Waals surface area contributed by atoms with Crippen molar-refractivity contribution in [2.45, 2.75) is 12.5 Å². The Labute approximate surface area is 113 Å². The summed E-state index contributed by atoms with van der Waals surface area (Å²) in [5.74, 6) is -0.0626. The molecule has 2 aromatic carbocycles. The third kappa shape index (κ3) is 3.09. The summed E-state index contributed by atoms with van der Waals surface area (Å²) >= 11 is 3.15. The van der Waals surface area contributed by atoms with Gasteiger partial charge in [-0.15, -0.1) is 0 Å². The van der Waals surface area contributed by atoms with E-state index in [1.54, 1.807) is 24.3 Å². The highest BCUT2D eigenvalue weighted by Crippen LogP contribution is 2.23. The van der Waals surface area contributed by atoms with E-state index in [1.807, 2.05) is 12.1 Å². The van der Waals surface area contributed by atoms with Gasteiger partial charge in [0.15, 0.2) is 0 Å². The Morgan fingerprint density at radius 2 is 1.83 bits per heavy atom. The van der Waals surface area contributed by atoms with E-state index in [1.165, 1.54) is 6.07 Å². The lowest BCUT2D eigenvalue weighted by molar-refractivity contribution is 0.475. The van der Waals surface area contributed by atoms with E-state index >= 15 is 0 Å². The Morgan fingerprint density at radius 1 is 1.17 bits per heavy atom. The summed E-state index contributed by atoms with van der Waals surface area (Å²) in [6, 6.07) is 11.5. The van der Waals surface area contributed by atoms with E-state index in [4.69, 9.17) is 5.73 Å². The summed E-state index contributed by atoms with van der Waals surface area (Å²) in [5, 5.41) is 9.20. The van der Waals surface area contributed by atoms with Crippen LogP contribution in [0.3, 0.4) is 0 Å². The second kappa shape index (κ2) is 5.50. The van der Waals surface area contributed by atoms with Crippen LogP contribution in [0.2, 0.25) is 0 Å². The molecule has 94 valence electrons. The fraction of sp³-hybridized carbons (Fsp3) is 0.143. The summed E-state index contributed by atoms with van der Waals surface area (Å²) in [4.78, 5) is 0. The largest absolute Gasteiger partial charge is 0.508 e. The van der Waals surface area contributed by atoms with Crippen LogP contribution in [0.1, 0.15) is 17.2 Å². The highest BCUT2D eigenvalue weighted by Gasteiger charge is 2.09. The van der Waals surface area contributed by atoms with Gasteiger partial charge >= 0.3 is 0 Å². The number of rotatable bonds is 3. The third-order valence-electron chi connectivity index (χ3n) is 2.76. The lowest BCUT2D eigenvalue weighted by atomic mass is 10.00. The molecule has 0 spiro atoms. The lowest BCUT2D eigenvalue weighted by Crippen LogP contribution is -2.13. The van der Waals surface area contributed by atoms with Gasteiger partial charge in [0.05, 0.1) is 4.47 Å². The predicted octanol–water partition coefficient (Wildman–Crippen LogP) is 3.54. The molecule has 0 amide bonds. The Morgan fingerprint density at radius 3 is 2.44 bits per heavy atom. The van der Waals surface area contributed by atoms with Gasteiger partial charge in [-0.3, -0.25) is 0 Å². The Bertz CT molecular complexity index is 542. The monoisotopic (exact) mass is 309 g/mol. The molecule has 1 unspecified atom stereocenters. The van der Waals surface area contributed by atoms with Gasteiger partial charge < -0.3 is 10.8 Å². The smallest absolute Gasteiger partial charge is 0.137 e. The number of nitrogens with two attached hydrogens (primary N) is 1. The summed E-state index contributed by atoms with van der Waals surface area (Å²) < 4.78 is 13.5. The quantitative estimate of drug-likeness (QED) is 0.911. The van der Waals surface area contributed by atoms with Crippen molar-refractivity contribution in [2.75, 3.05) is 0 Å². The van der Waals surface area contributed by atoms with Crippen molar-refractivity contribution in [3.8, 4) is 5.75 Å². The zero-order valence-electron chi connectivity index (χ0n) is 9.61. The van der Waals surface area contributed by atoms with Crippen LogP contribution in [0.15, 0.2) is 46.9 Å². The molecule has 0 saturated heterocycles. The average Bonchev–Trinajstić information content (AvgIpc) is 2.35. The van der Waals surface area contributed by atoms with Crippen molar-refractivity contribution in [2.24, 2.45) is 5.73 Å². The number of phenolic OH excluding ortho intramolecular Hbond substituents is 1. The summed E-state index contributed by atoms with van der Waals surface area (Å²) in [6.45, 7) is 0. The van der Waals surface area contributed by atoms with Gasteiger partial charge in [0, 0.05) is 6.04 Å². The zero-order chi connectivity index (χ0) is 13.1. The maximum absolute atomic E-state index is 13.1. The molecule has 0 saturated carbocycles. The second-order valence-electron chi connectivity index (χ2n) is 4.15. The first-order chi connectivity index (χ1) is 8.56. The number of aromatic hydroxyl groups is 1. The van der Waals surface area contributed by atoms with Crippen LogP contribution in [0.4, 0.5) is 4.39 Å². The molecule has 0 aromatic heterocycles. The molecule has 0 aliphatic carbocycles. The van der Waals surface area contributed by atoms with Gasteiger partial charge in [-0.05, 0) is 57.7 Å². The standard InChI is InChI=1S/C14H13BrFNO/c15-12-8-10(3-6-13(12)16)14(17)7-9-1-4-11(18)5-2-9/h1-6,8,14,18H,7,17H2. The van der Waals surface area contributed by atoms with Gasteiger partial charge in [-0.25, -0.2) is 4.39 Å². The second-order valence-corrected chi connectivity index (χ2v) is 5.00. The van der Waals surface area contributed by atoms with E-state index in [0.717, 1.165) is 11.1 Å². The molecule has 0 radical (unpaired) electrons. The Hall–Kier alpha value is -1.39. The van der Waals surface area contributed by atoms with Crippen LogP contribution in [-0.2, 0) is 6.42 Å². The first-order valence-electron chi connectivity index (χ1n) is 5.54. The molecule has 18 heavy (non-hydrogen) atoms. The fourth-order valence-corrected chi connectivity index (χ4v) is 2.14. The van der Waals surface area contributed by atoms with Crippen LogP contribution < -0.4 is 5.73 Å². The van der Waals surface area contributed by atoms with Crippen molar-refractivity contribution in [3.63, 3.8) is 0 Å². The molecule has 3 N–H and O–H groups in total. The molecule has 4 heteroatoms. The number of benzene rings is 2. The minimum Gasteiger partial charge on any atom is -0.508 e. The number of hydrogen-bond donors (Lipinski definition) is 2. The van der Waals surface area contributed by atoms with Crippen molar-refractivity contribution in [1.29, 1.82) is 0 Å². The lowest BCUT2D eigenvalue weighted by Gasteiger charge is -2.13. The maximum Gasteiger partial charge on any atom is 0.137 e. The van der Waals surface area contributed by atoms with E-state index in [9.17, 15) is 9.50 Å². The molecule has 2 rings (SSSR count). The molecule has 1 atom stereocenters. The van der Waals surface area contributed by atoms with Gasteiger partial charge in [-0.1, -0.05) is 18.2 Å². The Kier molecular flexibility index (Phi) is 3.99.